The van der Waals surface area contributed by atoms with Gasteiger partial charge in [0, 0.05) is 50.5 Å². The molecule has 0 saturated heterocycles. The van der Waals surface area contributed by atoms with E-state index < -0.39 is 0 Å². The number of benzene rings is 1. The smallest absolute Gasteiger partial charge is 0.190 e. The van der Waals surface area contributed by atoms with E-state index in [9.17, 15) is 0 Å². The Morgan fingerprint density at radius 2 is 1.96 bits per heavy atom. The minimum atomic E-state index is 0. The number of fused-ring (bicyclic) bond motifs is 1. The molecule has 0 aliphatic carbocycles. The van der Waals surface area contributed by atoms with Crippen molar-refractivity contribution >= 4 is 40.8 Å². The van der Waals surface area contributed by atoms with E-state index >= 15 is 0 Å². The standard InChI is InChI=1S/C18H24N6.HI/c1-19-18(20-9-7-14-11-23-24(2)13-14)21-10-8-15-12-22-17-6-4-3-5-16(15)17;/h3-6,11-13,22H,7-10H2,1-2H3,(H2,19,20,21);1H. The molecule has 0 atom stereocenters. The lowest BCUT2D eigenvalue weighted by molar-refractivity contribution is 0.764. The van der Waals surface area contributed by atoms with Crippen LogP contribution in [0.3, 0.4) is 0 Å². The van der Waals surface area contributed by atoms with Gasteiger partial charge in [0.2, 0.25) is 0 Å². The van der Waals surface area contributed by atoms with Crippen LogP contribution >= 0.6 is 24.0 Å². The first-order valence-corrected chi connectivity index (χ1v) is 8.23. The Morgan fingerprint density at radius 1 is 1.20 bits per heavy atom. The lowest BCUT2D eigenvalue weighted by Crippen LogP contribution is -2.39. The molecule has 2 heterocycles. The summed E-state index contributed by atoms with van der Waals surface area (Å²) in [6.07, 6.45) is 7.90. The first kappa shape index (κ1) is 19.3. The number of halogens is 1. The Hall–Kier alpha value is -2.03. The summed E-state index contributed by atoms with van der Waals surface area (Å²) >= 11 is 0. The molecule has 3 aromatic rings. The van der Waals surface area contributed by atoms with Gasteiger partial charge >= 0.3 is 0 Å². The molecule has 3 N–H and O–H groups in total. The Morgan fingerprint density at radius 3 is 2.68 bits per heavy atom. The highest BCUT2D eigenvalue weighted by molar-refractivity contribution is 14.0. The molecule has 0 aliphatic heterocycles. The zero-order chi connectivity index (χ0) is 16.8. The fraction of sp³-hybridized carbons (Fsp3) is 0.333. The second-order valence-electron chi connectivity index (χ2n) is 5.81. The van der Waals surface area contributed by atoms with Gasteiger partial charge < -0.3 is 15.6 Å². The monoisotopic (exact) mass is 452 g/mol. The molecular weight excluding hydrogens is 427 g/mol. The molecule has 1 aromatic carbocycles. The largest absolute Gasteiger partial charge is 0.361 e. The van der Waals surface area contributed by atoms with Gasteiger partial charge in [-0.3, -0.25) is 9.67 Å². The van der Waals surface area contributed by atoms with E-state index in [0.29, 0.717) is 0 Å². The van der Waals surface area contributed by atoms with Gasteiger partial charge in [0.1, 0.15) is 0 Å². The van der Waals surface area contributed by atoms with Crippen molar-refractivity contribution in [2.45, 2.75) is 12.8 Å². The van der Waals surface area contributed by atoms with Crippen LogP contribution in [-0.2, 0) is 19.9 Å². The summed E-state index contributed by atoms with van der Waals surface area (Å²) in [7, 11) is 3.73. The molecule has 6 nitrogen and oxygen atoms in total. The van der Waals surface area contributed by atoms with Crippen molar-refractivity contribution in [3.05, 3.63) is 54.0 Å². The van der Waals surface area contributed by atoms with Crippen molar-refractivity contribution in [3.8, 4) is 0 Å². The number of nitrogens with zero attached hydrogens (tertiary/aromatic N) is 3. The molecular formula is C18H25IN6. The third-order valence-corrected chi connectivity index (χ3v) is 4.05. The number of hydrogen-bond donors (Lipinski definition) is 3. The first-order valence-electron chi connectivity index (χ1n) is 8.23. The van der Waals surface area contributed by atoms with Gasteiger partial charge in [0.05, 0.1) is 6.20 Å². The van der Waals surface area contributed by atoms with Crippen LogP contribution in [0, 0.1) is 0 Å². The molecule has 3 rings (SSSR count). The maximum atomic E-state index is 4.27. The fourth-order valence-corrected chi connectivity index (χ4v) is 2.80. The van der Waals surface area contributed by atoms with Crippen LogP contribution in [0.15, 0.2) is 47.8 Å². The minimum absolute atomic E-state index is 0. The van der Waals surface area contributed by atoms with Crippen molar-refractivity contribution in [3.63, 3.8) is 0 Å². The normalized spacial score (nSPS) is 11.4. The van der Waals surface area contributed by atoms with Crippen LogP contribution in [0.25, 0.3) is 10.9 Å². The number of aromatic amines is 1. The van der Waals surface area contributed by atoms with Gasteiger partial charge in [-0.05, 0) is 30.0 Å². The third kappa shape index (κ3) is 5.22. The molecule has 134 valence electrons. The number of guanidine groups is 1. The fourth-order valence-electron chi connectivity index (χ4n) is 2.80. The van der Waals surface area contributed by atoms with Crippen LogP contribution in [0.5, 0.6) is 0 Å². The Labute approximate surface area is 165 Å². The molecule has 0 radical (unpaired) electrons. The molecule has 0 amide bonds. The number of aliphatic imine (C=N–C) groups is 1. The van der Waals surface area contributed by atoms with Crippen LogP contribution in [0.2, 0.25) is 0 Å². The van der Waals surface area contributed by atoms with Crippen molar-refractivity contribution in [2.75, 3.05) is 20.1 Å². The molecule has 0 saturated carbocycles. The SMILES string of the molecule is CN=C(NCCc1cnn(C)c1)NCCc1c[nH]c2ccccc12.I. The Bertz CT molecular complexity index is 820. The van der Waals surface area contributed by atoms with E-state index in [4.69, 9.17) is 0 Å². The van der Waals surface area contributed by atoms with Crippen molar-refractivity contribution in [1.82, 2.24) is 25.4 Å². The third-order valence-electron chi connectivity index (χ3n) is 4.05. The number of rotatable bonds is 6. The molecule has 0 spiro atoms. The average molecular weight is 452 g/mol. The molecule has 0 bridgehead atoms. The number of H-pyrrole nitrogens is 1. The highest BCUT2D eigenvalue weighted by Crippen LogP contribution is 2.17. The zero-order valence-electron chi connectivity index (χ0n) is 14.6. The highest BCUT2D eigenvalue weighted by Gasteiger charge is 2.03. The maximum Gasteiger partial charge on any atom is 0.190 e. The van der Waals surface area contributed by atoms with Crippen LogP contribution in [-0.4, -0.2) is 40.9 Å². The quantitative estimate of drug-likeness (QED) is 0.306. The topological polar surface area (TPSA) is 70.0 Å². The predicted octanol–water partition coefficient (Wildman–Crippen LogP) is 2.47. The lowest BCUT2D eigenvalue weighted by atomic mass is 10.1. The van der Waals surface area contributed by atoms with E-state index in [2.05, 4.69) is 56.2 Å². The summed E-state index contributed by atoms with van der Waals surface area (Å²) in [5, 5.41) is 12.2. The molecule has 0 unspecified atom stereocenters. The Kier molecular flexibility index (Phi) is 7.30. The minimum Gasteiger partial charge on any atom is -0.361 e. The van der Waals surface area contributed by atoms with Crippen LogP contribution < -0.4 is 10.6 Å². The summed E-state index contributed by atoms with van der Waals surface area (Å²) in [6, 6.07) is 8.38. The highest BCUT2D eigenvalue weighted by atomic mass is 127. The summed E-state index contributed by atoms with van der Waals surface area (Å²) < 4.78 is 1.82. The number of aryl methyl sites for hydroxylation is 1. The summed E-state index contributed by atoms with van der Waals surface area (Å²) in [5.41, 5.74) is 3.73. The maximum absolute atomic E-state index is 4.27. The van der Waals surface area contributed by atoms with E-state index in [1.165, 1.54) is 22.0 Å². The Balaban J connectivity index is 0.00000225. The predicted molar refractivity (Wildman–Crippen MR) is 114 cm³/mol. The first-order chi connectivity index (χ1) is 11.8. The van der Waals surface area contributed by atoms with E-state index in [-0.39, 0.29) is 24.0 Å². The lowest BCUT2D eigenvalue weighted by Gasteiger charge is -2.11. The van der Waals surface area contributed by atoms with Crippen molar-refractivity contribution in [1.29, 1.82) is 0 Å². The van der Waals surface area contributed by atoms with E-state index in [0.717, 1.165) is 31.9 Å². The number of aromatic nitrogens is 3. The van der Waals surface area contributed by atoms with E-state index in [1.807, 2.05) is 24.1 Å². The second-order valence-corrected chi connectivity index (χ2v) is 5.81. The molecule has 25 heavy (non-hydrogen) atoms. The number of nitrogens with one attached hydrogen (secondary N) is 3. The van der Waals surface area contributed by atoms with Gasteiger partial charge in [0.15, 0.2) is 5.96 Å². The van der Waals surface area contributed by atoms with Gasteiger partial charge in [0.25, 0.3) is 0 Å². The van der Waals surface area contributed by atoms with Gasteiger partial charge in [-0.25, -0.2) is 0 Å². The van der Waals surface area contributed by atoms with Gasteiger partial charge in [-0.1, -0.05) is 18.2 Å². The zero-order valence-corrected chi connectivity index (χ0v) is 17.0. The molecule has 2 aromatic heterocycles. The molecule has 0 fully saturated rings. The summed E-state index contributed by atoms with van der Waals surface area (Å²) in [5.74, 6) is 0.832. The number of hydrogen-bond acceptors (Lipinski definition) is 2. The van der Waals surface area contributed by atoms with Crippen molar-refractivity contribution in [2.24, 2.45) is 12.0 Å². The summed E-state index contributed by atoms with van der Waals surface area (Å²) in [6.45, 7) is 1.67. The second kappa shape index (κ2) is 9.45. The van der Waals surface area contributed by atoms with Gasteiger partial charge in [-0.2, -0.15) is 5.10 Å². The van der Waals surface area contributed by atoms with Gasteiger partial charge in [-0.15, -0.1) is 24.0 Å². The molecule has 0 aliphatic rings. The van der Waals surface area contributed by atoms with E-state index in [1.54, 1.807) is 7.05 Å². The summed E-state index contributed by atoms with van der Waals surface area (Å²) in [4.78, 5) is 7.58. The average Bonchev–Trinajstić information content (AvgIpc) is 3.20. The van der Waals surface area contributed by atoms with Crippen LogP contribution in [0.1, 0.15) is 11.1 Å². The number of para-hydroxylation sites is 1. The molecule has 7 heteroatoms. The van der Waals surface area contributed by atoms with Crippen molar-refractivity contribution < 1.29 is 0 Å². The van der Waals surface area contributed by atoms with Crippen LogP contribution in [0.4, 0.5) is 0 Å².